The van der Waals surface area contributed by atoms with Gasteiger partial charge in [0.25, 0.3) is 0 Å². The number of carbonyl (C=O) groups is 1. The Hall–Kier alpha value is -0.650. The van der Waals surface area contributed by atoms with E-state index in [0.29, 0.717) is 19.6 Å². The molecule has 0 aromatic carbocycles. The zero-order valence-corrected chi connectivity index (χ0v) is 10.9. The summed E-state index contributed by atoms with van der Waals surface area (Å²) in [4.78, 5) is 13.1. The Morgan fingerprint density at radius 1 is 1.56 bits per heavy atom. The Morgan fingerprint density at radius 3 is 2.56 bits per heavy atom. The van der Waals surface area contributed by atoms with Crippen molar-refractivity contribution in [1.29, 1.82) is 0 Å². The minimum Gasteiger partial charge on any atom is -0.389 e. The van der Waals surface area contributed by atoms with E-state index in [4.69, 9.17) is 4.74 Å². The maximum atomic E-state index is 11.5. The number of hydrogen-bond donors (Lipinski definition) is 2. The molecule has 2 unspecified atom stereocenters. The highest BCUT2D eigenvalue weighted by Crippen LogP contribution is 2.08. The molecular weight excluding hydrogens is 208 g/mol. The van der Waals surface area contributed by atoms with Crippen molar-refractivity contribution in [3.63, 3.8) is 0 Å². The molecule has 0 aliphatic heterocycles. The lowest BCUT2D eigenvalue weighted by atomic mass is 10.0. The lowest BCUT2D eigenvalue weighted by Gasteiger charge is -2.26. The number of nitrogens with zero attached hydrogens (tertiary/aromatic N) is 1. The number of rotatable bonds is 7. The monoisotopic (exact) mass is 232 g/mol. The minimum absolute atomic E-state index is 0.00235. The van der Waals surface area contributed by atoms with Gasteiger partial charge in [-0.05, 0) is 13.8 Å². The third-order valence-electron chi connectivity index (χ3n) is 2.45. The first-order valence-electron chi connectivity index (χ1n) is 5.46. The van der Waals surface area contributed by atoms with Gasteiger partial charge in [-0.3, -0.25) is 4.79 Å². The molecule has 0 aromatic rings. The maximum Gasteiger partial charge on any atom is 0.238 e. The summed E-state index contributed by atoms with van der Waals surface area (Å²) >= 11 is 0. The van der Waals surface area contributed by atoms with E-state index in [9.17, 15) is 9.90 Å². The number of amides is 1. The number of aliphatic hydroxyl groups is 1. The summed E-state index contributed by atoms with van der Waals surface area (Å²) in [6.07, 6.45) is 0.541. The van der Waals surface area contributed by atoms with E-state index in [1.807, 2.05) is 0 Å². The summed E-state index contributed by atoms with van der Waals surface area (Å²) in [6.45, 7) is 4.39. The van der Waals surface area contributed by atoms with E-state index in [1.54, 1.807) is 35.1 Å². The van der Waals surface area contributed by atoms with Crippen LogP contribution in [-0.4, -0.2) is 61.9 Å². The Kier molecular flexibility index (Phi) is 6.55. The number of carbonyl (C=O) groups excluding carboxylic acids is 1. The number of methoxy groups -OCH3 is 1. The second-order valence-corrected chi connectivity index (χ2v) is 4.57. The van der Waals surface area contributed by atoms with Gasteiger partial charge in [0, 0.05) is 40.8 Å². The third-order valence-corrected chi connectivity index (χ3v) is 2.45. The van der Waals surface area contributed by atoms with Crippen LogP contribution in [0.15, 0.2) is 0 Å². The molecule has 0 spiro atoms. The van der Waals surface area contributed by atoms with Crippen LogP contribution in [0, 0.1) is 0 Å². The summed E-state index contributed by atoms with van der Waals surface area (Å²) < 4.78 is 4.91. The van der Waals surface area contributed by atoms with Crippen LogP contribution in [0.3, 0.4) is 0 Å². The molecule has 0 rings (SSSR count). The Morgan fingerprint density at radius 2 is 2.12 bits per heavy atom. The summed E-state index contributed by atoms with van der Waals surface area (Å²) in [7, 11) is 5.02. The normalized spacial score (nSPS) is 16.6. The molecule has 0 heterocycles. The Labute approximate surface area is 97.8 Å². The number of likely N-dealkylation sites (N-methyl/N-ethyl adjacent to an activating group) is 1. The SMILES string of the molecule is COCCC(C)(O)CNC(C)C(=O)N(C)C. The summed E-state index contributed by atoms with van der Waals surface area (Å²) in [5.41, 5.74) is -0.850. The highest BCUT2D eigenvalue weighted by Gasteiger charge is 2.22. The second kappa shape index (κ2) is 6.83. The first-order valence-corrected chi connectivity index (χ1v) is 5.46. The zero-order valence-electron chi connectivity index (χ0n) is 10.9. The van der Waals surface area contributed by atoms with Gasteiger partial charge in [-0.1, -0.05) is 0 Å². The average Bonchev–Trinajstić information content (AvgIpc) is 2.22. The van der Waals surface area contributed by atoms with E-state index in [1.165, 1.54) is 4.90 Å². The van der Waals surface area contributed by atoms with Crippen molar-refractivity contribution in [2.75, 3.05) is 34.4 Å². The van der Waals surface area contributed by atoms with E-state index in [0.717, 1.165) is 0 Å². The third kappa shape index (κ3) is 6.05. The van der Waals surface area contributed by atoms with Gasteiger partial charge >= 0.3 is 0 Å². The van der Waals surface area contributed by atoms with Crippen LogP contribution in [0.25, 0.3) is 0 Å². The lowest BCUT2D eigenvalue weighted by Crippen LogP contribution is -2.48. The first kappa shape index (κ1) is 15.3. The minimum atomic E-state index is -0.850. The summed E-state index contributed by atoms with van der Waals surface area (Å²) in [5, 5.41) is 13.0. The average molecular weight is 232 g/mol. The molecule has 0 aliphatic carbocycles. The van der Waals surface area contributed by atoms with Gasteiger partial charge in [-0.2, -0.15) is 0 Å². The smallest absolute Gasteiger partial charge is 0.238 e. The van der Waals surface area contributed by atoms with Crippen molar-refractivity contribution in [1.82, 2.24) is 10.2 Å². The fourth-order valence-electron chi connectivity index (χ4n) is 1.26. The lowest BCUT2D eigenvalue weighted by molar-refractivity contribution is -0.130. The highest BCUT2D eigenvalue weighted by atomic mass is 16.5. The molecule has 2 atom stereocenters. The molecule has 5 nitrogen and oxygen atoms in total. The van der Waals surface area contributed by atoms with Crippen LogP contribution in [-0.2, 0) is 9.53 Å². The molecule has 16 heavy (non-hydrogen) atoms. The fraction of sp³-hybridized carbons (Fsp3) is 0.909. The number of ether oxygens (including phenoxy) is 1. The van der Waals surface area contributed by atoms with Crippen LogP contribution in [0.5, 0.6) is 0 Å². The molecule has 0 bridgehead atoms. The number of nitrogens with one attached hydrogen (secondary N) is 1. The van der Waals surface area contributed by atoms with Crippen molar-refractivity contribution in [2.45, 2.75) is 31.9 Å². The second-order valence-electron chi connectivity index (χ2n) is 4.57. The molecule has 0 radical (unpaired) electrons. The molecule has 2 N–H and O–H groups in total. The summed E-state index contributed by atoms with van der Waals surface area (Å²) in [5.74, 6) is 0.00235. The largest absolute Gasteiger partial charge is 0.389 e. The molecular formula is C11H24N2O3. The zero-order chi connectivity index (χ0) is 12.8. The van der Waals surface area contributed by atoms with Crippen LogP contribution in [0.1, 0.15) is 20.3 Å². The van der Waals surface area contributed by atoms with Gasteiger partial charge in [0.05, 0.1) is 11.6 Å². The van der Waals surface area contributed by atoms with Gasteiger partial charge in [0.15, 0.2) is 0 Å². The van der Waals surface area contributed by atoms with Gasteiger partial charge in [-0.15, -0.1) is 0 Å². The quantitative estimate of drug-likeness (QED) is 0.640. The molecule has 1 amide bonds. The maximum absolute atomic E-state index is 11.5. The topological polar surface area (TPSA) is 61.8 Å². The van der Waals surface area contributed by atoms with E-state index >= 15 is 0 Å². The Balaban J connectivity index is 3.98. The molecule has 0 aromatic heterocycles. The van der Waals surface area contributed by atoms with Crippen molar-refractivity contribution < 1.29 is 14.6 Å². The van der Waals surface area contributed by atoms with Crippen molar-refractivity contribution >= 4 is 5.91 Å². The van der Waals surface area contributed by atoms with Crippen molar-refractivity contribution in [2.24, 2.45) is 0 Å². The molecule has 0 saturated carbocycles. The van der Waals surface area contributed by atoms with E-state index in [2.05, 4.69) is 5.32 Å². The molecule has 5 heteroatoms. The van der Waals surface area contributed by atoms with E-state index < -0.39 is 5.60 Å². The highest BCUT2D eigenvalue weighted by molar-refractivity contribution is 5.80. The van der Waals surface area contributed by atoms with E-state index in [-0.39, 0.29) is 11.9 Å². The Bertz CT molecular complexity index is 217. The van der Waals surface area contributed by atoms with Crippen LogP contribution < -0.4 is 5.32 Å². The molecule has 0 fully saturated rings. The fourth-order valence-corrected chi connectivity index (χ4v) is 1.26. The van der Waals surface area contributed by atoms with Gasteiger partial charge in [-0.25, -0.2) is 0 Å². The first-order chi connectivity index (χ1) is 7.30. The van der Waals surface area contributed by atoms with Gasteiger partial charge in [0.1, 0.15) is 0 Å². The summed E-state index contributed by atoms with van der Waals surface area (Å²) in [6, 6.07) is -0.288. The van der Waals surface area contributed by atoms with Gasteiger partial charge < -0.3 is 20.1 Å². The van der Waals surface area contributed by atoms with Gasteiger partial charge in [0.2, 0.25) is 5.91 Å². The predicted octanol–water partition coefficient (Wildman–Crippen LogP) is -0.160. The number of hydrogen-bond acceptors (Lipinski definition) is 4. The van der Waals surface area contributed by atoms with Crippen molar-refractivity contribution in [3.8, 4) is 0 Å². The van der Waals surface area contributed by atoms with Crippen LogP contribution >= 0.6 is 0 Å². The standard InChI is InChI=1S/C11H24N2O3/c1-9(10(14)13(3)4)12-8-11(2,15)6-7-16-5/h9,12,15H,6-8H2,1-5H3. The molecule has 0 saturated heterocycles. The predicted molar refractivity (Wildman–Crippen MR) is 63.3 cm³/mol. The molecule has 0 aliphatic rings. The van der Waals surface area contributed by atoms with Crippen molar-refractivity contribution in [3.05, 3.63) is 0 Å². The molecule has 96 valence electrons. The van der Waals surface area contributed by atoms with Crippen LogP contribution in [0.4, 0.5) is 0 Å². The van der Waals surface area contributed by atoms with Crippen LogP contribution in [0.2, 0.25) is 0 Å².